The molecule has 1 N–H and O–H groups in total. The summed E-state index contributed by atoms with van der Waals surface area (Å²) >= 11 is 0. The zero-order valence-electron chi connectivity index (χ0n) is 11.7. The summed E-state index contributed by atoms with van der Waals surface area (Å²) in [5.74, 6) is -1.10. The summed E-state index contributed by atoms with van der Waals surface area (Å²) in [7, 11) is 0. The number of nitrogens with one attached hydrogen (secondary N) is 1. The predicted octanol–water partition coefficient (Wildman–Crippen LogP) is 3.65. The van der Waals surface area contributed by atoms with Crippen LogP contribution in [0.3, 0.4) is 0 Å². The largest absolute Gasteiger partial charge is 0.462 e. The predicted molar refractivity (Wildman–Crippen MR) is 78.7 cm³/mol. The second-order valence-electron chi connectivity index (χ2n) is 4.38. The van der Waals surface area contributed by atoms with Crippen LogP contribution in [0.1, 0.15) is 17.3 Å². The van der Waals surface area contributed by atoms with Crippen LogP contribution < -0.4 is 5.32 Å². The van der Waals surface area contributed by atoms with Crippen molar-refractivity contribution in [3.8, 4) is 0 Å². The number of hydrogen-bond donors (Lipinski definition) is 1. The van der Waals surface area contributed by atoms with Gasteiger partial charge in [-0.1, -0.05) is 6.07 Å². The molecule has 2 rings (SSSR count). The summed E-state index contributed by atoms with van der Waals surface area (Å²) in [6.45, 7) is 1.80. The summed E-state index contributed by atoms with van der Waals surface area (Å²) in [5, 5.41) is 13.8. The number of nitrogens with zero attached hydrogens (tertiary/aromatic N) is 1. The van der Waals surface area contributed by atoms with Gasteiger partial charge < -0.3 is 10.1 Å². The number of rotatable bonds is 5. The average Bonchev–Trinajstić information content (AvgIpc) is 2.47. The van der Waals surface area contributed by atoms with Crippen LogP contribution in [-0.2, 0) is 4.74 Å². The summed E-state index contributed by atoms with van der Waals surface area (Å²) in [6, 6.07) is 9.43. The number of benzene rings is 2. The Hall–Kier alpha value is -2.96. The number of carbonyl (C=O) groups is 1. The molecule has 7 heteroatoms. The second-order valence-corrected chi connectivity index (χ2v) is 4.38. The van der Waals surface area contributed by atoms with E-state index in [1.54, 1.807) is 13.0 Å². The Morgan fingerprint density at radius 3 is 2.68 bits per heavy atom. The van der Waals surface area contributed by atoms with E-state index in [0.717, 1.165) is 6.07 Å². The van der Waals surface area contributed by atoms with Gasteiger partial charge in [0.25, 0.3) is 5.69 Å². The van der Waals surface area contributed by atoms with Crippen molar-refractivity contribution in [2.75, 3.05) is 11.9 Å². The Bertz CT molecular complexity index is 718. The quantitative estimate of drug-likeness (QED) is 0.518. The SMILES string of the molecule is CCOC(=O)c1cc(Nc2cccc(F)c2)cc([N+](=O)[O-])c1. The molecule has 0 radical (unpaired) electrons. The van der Waals surface area contributed by atoms with E-state index in [0.29, 0.717) is 11.4 Å². The Morgan fingerprint density at radius 1 is 1.27 bits per heavy atom. The lowest BCUT2D eigenvalue weighted by Gasteiger charge is -2.09. The zero-order valence-corrected chi connectivity index (χ0v) is 11.7. The number of non-ortho nitro benzene ring substituents is 1. The van der Waals surface area contributed by atoms with Gasteiger partial charge in [0, 0.05) is 23.5 Å². The lowest BCUT2D eigenvalue weighted by Crippen LogP contribution is -2.06. The fourth-order valence-corrected chi connectivity index (χ4v) is 1.85. The number of esters is 1. The molecule has 0 aromatic heterocycles. The molecule has 0 aliphatic rings. The van der Waals surface area contributed by atoms with Crippen LogP contribution in [0.15, 0.2) is 42.5 Å². The van der Waals surface area contributed by atoms with E-state index in [9.17, 15) is 19.3 Å². The van der Waals surface area contributed by atoms with E-state index in [2.05, 4.69) is 5.32 Å². The van der Waals surface area contributed by atoms with Crippen molar-refractivity contribution in [2.45, 2.75) is 6.92 Å². The number of ether oxygens (including phenoxy) is 1. The Labute approximate surface area is 125 Å². The van der Waals surface area contributed by atoms with Crippen molar-refractivity contribution in [1.29, 1.82) is 0 Å². The molecule has 0 atom stereocenters. The maximum Gasteiger partial charge on any atom is 0.338 e. The second kappa shape index (κ2) is 6.66. The number of nitro groups is 1. The summed E-state index contributed by atoms with van der Waals surface area (Å²) in [6.07, 6.45) is 0. The number of hydrogen-bond acceptors (Lipinski definition) is 5. The van der Waals surface area contributed by atoms with Gasteiger partial charge in [-0.3, -0.25) is 10.1 Å². The van der Waals surface area contributed by atoms with E-state index < -0.39 is 16.7 Å². The molecule has 0 spiro atoms. The van der Waals surface area contributed by atoms with Crippen molar-refractivity contribution in [3.05, 3.63) is 64.0 Å². The average molecular weight is 304 g/mol. The molecule has 22 heavy (non-hydrogen) atoms. The Morgan fingerprint density at radius 2 is 2.05 bits per heavy atom. The Balaban J connectivity index is 2.37. The molecule has 0 heterocycles. The van der Waals surface area contributed by atoms with Gasteiger partial charge in [-0.05, 0) is 31.2 Å². The van der Waals surface area contributed by atoms with Crippen molar-refractivity contribution in [3.63, 3.8) is 0 Å². The van der Waals surface area contributed by atoms with Gasteiger partial charge in [0.2, 0.25) is 0 Å². The van der Waals surface area contributed by atoms with Gasteiger partial charge >= 0.3 is 5.97 Å². The van der Waals surface area contributed by atoms with Crippen molar-refractivity contribution in [1.82, 2.24) is 0 Å². The highest BCUT2D eigenvalue weighted by Crippen LogP contribution is 2.25. The number of anilines is 2. The Kier molecular flexibility index (Phi) is 4.67. The van der Waals surface area contributed by atoms with E-state index in [4.69, 9.17) is 4.74 Å². The molecule has 114 valence electrons. The number of halogens is 1. The molecule has 6 nitrogen and oxygen atoms in total. The van der Waals surface area contributed by atoms with Crippen molar-refractivity contribution in [2.24, 2.45) is 0 Å². The molecule has 0 saturated heterocycles. The van der Waals surface area contributed by atoms with E-state index >= 15 is 0 Å². The van der Waals surface area contributed by atoms with E-state index in [1.165, 1.54) is 30.3 Å². The molecule has 0 saturated carbocycles. The van der Waals surface area contributed by atoms with Gasteiger partial charge in [-0.2, -0.15) is 0 Å². The molecule has 0 unspecified atom stereocenters. The van der Waals surface area contributed by atoms with Gasteiger partial charge in [0.05, 0.1) is 17.1 Å². The maximum absolute atomic E-state index is 13.2. The minimum absolute atomic E-state index is 0.0509. The van der Waals surface area contributed by atoms with Crippen molar-refractivity contribution >= 4 is 23.0 Å². The van der Waals surface area contributed by atoms with Crippen LogP contribution >= 0.6 is 0 Å². The maximum atomic E-state index is 13.2. The van der Waals surface area contributed by atoms with Crippen LogP contribution in [-0.4, -0.2) is 17.5 Å². The smallest absolute Gasteiger partial charge is 0.338 e. The van der Waals surface area contributed by atoms with Gasteiger partial charge in [-0.15, -0.1) is 0 Å². The summed E-state index contributed by atoms with van der Waals surface area (Å²) in [4.78, 5) is 22.1. The number of nitro benzene ring substituents is 1. The van der Waals surface area contributed by atoms with Crippen LogP contribution in [0.4, 0.5) is 21.5 Å². The van der Waals surface area contributed by atoms with Crippen LogP contribution in [0.25, 0.3) is 0 Å². The standard InChI is InChI=1S/C15H13FN2O4/c1-2-22-15(19)10-6-13(9-14(7-10)18(20)21)17-12-5-3-4-11(16)8-12/h3-9,17H,2H2,1H3. The number of carbonyl (C=O) groups excluding carboxylic acids is 1. The highest BCUT2D eigenvalue weighted by Gasteiger charge is 2.15. The normalized spacial score (nSPS) is 10.1. The molecule has 0 amide bonds. The first kappa shape index (κ1) is 15.4. The molecule has 0 aliphatic heterocycles. The van der Waals surface area contributed by atoms with Gasteiger partial charge in [-0.25, -0.2) is 9.18 Å². The van der Waals surface area contributed by atoms with Crippen LogP contribution in [0.5, 0.6) is 0 Å². The lowest BCUT2D eigenvalue weighted by molar-refractivity contribution is -0.384. The molecule has 2 aromatic rings. The van der Waals surface area contributed by atoms with Crippen molar-refractivity contribution < 1.29 is 18.8 Å². The minimum atomic E-state index is -0.659. The van der Waals surface area contributed by atoms with E-state index in [1.807, 2.05) is 0 Å². The fourth-order valence-electron chi connectivity index (χ4n) is 1.85. The first-order valence-electron chi connectivity index (χ1n) is 6.49. The summed E-state index contributed by atoms with van der Waals surface area (Å²) < 4.78 is 18.0. The monoisotopic (exact) mass is 304 g/mol. The minimum Gasteiger partial charge on any atom is -0.462 e. The zero-order chi connectivity index (χ0) is 16.1. The van der Waals surface area contributed by atoms with Gasteiger partial charge in [0.1, 0.15) is 5.82 Å². The van der Waals surface area contributed by atoms with Crippen LogP contribution in [0, 0.1) is 15.9 Å². The van der Waals surface area contributed by atoms with Crippen LogP contribution in [0.2, 0.25) is 0 Å². The third kappa shape index (κ3) is 3.78. The molecular weight excluding hydrogens is 291 g/mol. The fraction of sp³-hybridized carbons (Fsp3) is 0.133. The third-order valence-corrected chi connectivity index (χ3v) is 2.75. The highest BCUT2D eigenvalue weighted by molar-refractivity contribution is 5.91. The molecule has 0 aliphatic carbocycles. The first-order chi connectivity index (χ1) is 10.5. The topological polar surface area (TPSA) is 81.5 Å². The first-order valence-corrected chi connectivity index (χ1v) is 6.49. The molecule has 0 bridgehead atoms. The molecule has 2 aromatic carbocycles. The summed E-state index contributed by atoms with van der Waals surface area (Å²) in [5.41, 5.74) is 0.498. The lowest BCUT2D eigenvalue weighted by atomic mass is 10.1. The third-order valence-electron chi connectivity index (χ3n) is 2.75. The molecule has 0 fully saturated rings. The van der Waals surface area contributed by atoms with Gasteiger partial charge in [0.15, 0.2) is 0 Å². The highest BCUT2D eigenvalue weighted by atomic mass is 19.1. The molecular formula is C15H13FN2O4. The van der Waals surface area contributed by atoms with E-state index in [-0.39, 0.29) is 17.9 Å².